The van der Waals surface area contributed by atoms with Gasteiger partial charge in [-0.1, -0.05) is 6.92 Å². The summed E-state index contributed by atoms with van der Waals surface area (Å²) in [5.74, 6) is 0. The molecule has 0 saturated carbocycles. The molecular weight excluding hydrogens is 278 g/mol. The Bertz CT molecular complexity index is 527. The van der Waals surface area contributed by atoms with Crippen LogP contribution in [0.4, 0.5) is 5.69 Å². The van der Waals surface area contributed by atoms with Crippen molar-refractivity contribution in [2.45, 2.75) is 37.3 Å². The lowest BCUT2D eigenvalue weighted by Gasteiger charge is -2.23. The fourth-order valence-electron chi connectivity index (χ4n) is 2.11. The molecule has 1 aromatic rings. The Morgan fingerprint density at radius 2 is 2.35 bits per heavy atom. The van der Waals surface area contributed by atoms with Crippen molar-refractivity contribution in [1.82, 2.24) is 9.71 Å². The first-order chi connectivity index (χ1) is 9.63. The molecule has 1 saturated heterocycles. The maximum absolute atomic E-state index is 12.4. The standard InChI is InChI=1S/C13H21N3O3S/c1-2-7-14-12-6-3-8-15-13(12)20(17,18)16-11-5-4-9-19-10-11/h3,6,8,11,14,16H,2,4-5,7,9-10H2,1H3. The van der Waals surface area contributed by atoms with Crippen molar-refractivity contribution in [3.8, 4) is 0 Å². The third-order valence-electron chi connectivity index (χ3n) is 3.07. The summed E-state index contributed by atoms with van der Waals surface area (Å²) in [5.41, 5.74) is 0.540. The Hall–Kier alpha value is -1.18. The molecule has 2 rings (SSSR count). The molecule has 0 radical (unpaired) electrons. The fraction of sp³-hybridized carbons (Fsp3) is 0.615. The molecule has 1 unspecified atom stereocenters. The minimum absolute atomic E-state index is 0.0547. The fourth-order valence-corrected chi connectivity index (χ4v) is 3.47. The van der Waals surface area contributed by atoms with E-state index in [-0.39, 0.29) is 11.1 Å². The SMILES string of the molecule is CCCNc1cccnc1S(=O)(=O)NC1CCCOC1. The molecule has 0 amide bonds. The number of hydrogen-bond acceptors (Lipinski definition) is 5. The molecule has 20 heavy (non-hydrogen) atoms. The van der Waals surface area contributed by atoms with Crippen LogP contribution in [0.1, 0.15) is 26.2 Å². The van der Waals surface area contributed by atoms with Crippen LogP contribution in [0.15, 0.2) is 23.4 Å². The molecule has 0 aromatic carbocycles. The summed E-state index contributed by atoms with van der Waals surface area (Å²) in [5, 5.41) is 3.15. The maximum atomic E-state index is 12.4. The van der Waals surface area contributed by atoms with E-state index in [9.17, 15) is 8.42 Å². The van der Waals surface area contributed by atoms with E-state index in [1.807, 2.05) is 6.92 Å². The summed E-state index contributed by atoms with van der Waals surface area (Å²) in [6.45, 7) is 3.85. The number of nitrogens with zero attached hydrogens (tertiary/aromatic N) is 1. The molecule has 2 N–H and O–H groups in total. The van der Waals surface area contributed by atoms with Crippen LogP contribution < -0.4 is 10.0 Å². The van der Waals surface area contributed by atoms with Gasteiger partial charge in [0.25, 0.3) is 10.0 Å². The lowest BCUT2D eigenvalue weighted by atomic mass is 10.1. The second-order valence-corrected chi connectivity index (χ2v) is 6.45. The largest absolute Gasteiger partial charge is 0.383 e. The number of nitrogens with one attached hydrogen (secondary N) is 2. The van der Waals surface area contributed by atoms with Crippen LogP contribution in [0.5, 0.6) is 0 Å². The average Bonchev–Trinajstić information content (AvgIpc) is 2.46. The molecule has 1 aliphatic rings. The molecule has 1 aliphatic heterocycles. The number of hydrogen-bond donors (Lipinski definition) is 2. The third-order valence-corrected chi connectivity index (χ3v) is 4.55. The Morgan fingerprint density at radius 3 is 3.05 bits per heavy atom. The highest BCUT2D eigenvalue weighted by atomic mass is 32.2. The summed E-state index contributed by atoms with van der Waals surface area (Å²) in [6.07, 6.45) is 4.07. The lowest BCUT2D eigenvalue weighted by Crippen LogP contribution is -2.41. The smallest absolute Gasteiger partial charge is 0.260 e. The zero-order valence-corrected chi connectivity index (χ0v) is 12.4. The topological polar surface area (TPSA) is 80.3 Å². The normalized spacial score (nSPS) is 19.8. The average molecular weight is 299 g/mol. The first-order valence-electron chi connectivity index (χ1n) is 6.92. The van der Waals surface area contributed by atoms with Crippen LogP contribution >= 0.6 is 0 Å². The molecule has 0 bridgehead atoms. The molecule has 6 nitrogen and oxygen atoms in total. The molecule has 0 aliphatic carbocycles. The molecular formula is C13H21N3O3S. The zero-order chi connectivity index (χ0) is 14.4. The van der Waals surface area contributed by atoms with Gasteiger partial charge in [-0.3, -0.25) is 0 Å². The van der Waals surface area contributed by atoms with E-state index in [1.54, 1.807) is 12.1 Å². The predicted octanol–water partition coefficient (Wildman–Crippen LogP) is 1.36. The van der Waals surface area contributed by atoms with Crippen molar-refractivity contribution in [2.24, 2.45) is 0 Å². The maximum Gasteiger partial charge on any atom is 0.260 e. The van der Waals surface area contributed by atoms with E-state index in [0.29, 0.717) is 25.4 Å². The van der Waals surface area contributed by atoms with Crippen molar-refractivity contribution in [1.29, 1.82) is 0 Å². The van der Waals surface area contributed by atoms with Crippen LogP contribution in [-0.2, 0) is 14.8 Å². The highest BCUT2D eigenvalue weighted by molar-refractivity contribution is 7.89. The van der Waals surface area contributed by atoms with Crippen molar-refractivity contribution >= 4 is 15.7 Å². The van der Waals surface area contributed by atoms with Crippen LogP contribution in [0.3, 0.4) is 0 Å². The van der Waals surface area contributed by atoms with Crippen molar-refractivity contribution in [2.75, 3.05) is 25.1 Å². The number of anilines is 1. The van der Waals surface area contributed by atoms with Crippen LogP contribution in [0, 0.1) is 0 Å². The van der Waals surface area contributed by atoms with Gasteiger partial charge >= 0.3 is 0 Å². The summed E-state index contributed by atoms with van der Waals surface area (Å²) in [4.78, 5) is 4.01. The highest BCUT2D eigenvalue weighted by Crippen LogP contribution is 2.19. The number of sulfonamides is 1. The number of pyridine rings is 1. The Balaban J connectivity index is 2.15. The first-order valence-corrected chi connectivity index (χ1v) is 8.41. The van der Waals surface area contributed by atoms with Gasteiger partial charge in [0.05, 0.1) is 12.3 Å². The minimum Gasteiger partial charge on any atom is -0.383 e. The summed E-state index contributed by atoms with van der Waals surface area (Å²) in [6, 6.07) is 3.28. The second-order valence-electron chi connectivity index (χ2n) is 4.82. The quantitative estimate of drug-likeness (QED) is 0.829. The van der Waals surface area contributed by atoms with E-state index in [4.69, 9.17) is 4.74 Å². The highest BCUT2D eigenvalue weighted by Gasteiger charge is 2.25. The first kappa shape index (κ1) is 15.2. The van der Waals surface area contributed by atoms with E-state index >= 15 is 0 Å². The van der Waals surface area contributed by atoms with E-state index in [2.05, 4.69) is 15.0 Å². The van der Waals surface area contributed by atoms with Gasteiger partial charge in [0, 0.05) is 25.4 Å². The molecule has 7 heteroatoms. The van der Waals surface area contributed by atoms with Gasteiger partial charge in [-0.15, -0.1) is 0 Å². The minimum atomic E-state index is -3.62. The van der Waals surface area contributed by atoms with Gasteiger partial charge in [-0.2, -0.15) is 0 Å². The van der Waals surface area contributed by atoms with E-state index < -0.39 is 10.0 Å². The number of rotatable bonds is 6. The van der Waals surface area contributed by atoms with Crippen molar-refractivity contribution < 1.29 is 13.2 Å². The molecule has 1 atom stereocenters. The van der Waals surface area contributed by atoms with Gasteiger partial charge in [0.2, 0.25) is 0 Å². The van der Waals surface area contributed by atoms with Gasteiger partial charge in [-0.05, 0) is 31.4 Å². The third kappa shape index (κ3) is 3.91. The molecule has 2 heterocycles. The van der Waals surface area contributed by atoms with Gasteiger partial charge in [-0.25, -0.2) is 18.1 Å². The van der Waals surface area contributed by atoms with Gasteiger partial charge in [0.15, 0.2) is 5.03 Å². The molecule has 0 spiro atoms. The number of ether oxygens (including phenoxy) is 1. The van der Waals surface area contributed by atoms with Gasteiger partial charge in [0.1, 0.15) is 0 Å². The molecule has 112 valence electrons. The zero-order valence-electron chi connectivity index (χ0n) is 11.6. The lowest BCUT2D eigenvalue weighted by molar-refractivity contribution is 0.0774. The second kappa shape index (κ2) is 7.01. The monoisotopic (exact) mass is 299 g/mol. The Labute approximate surface area is 120 Å². The van der Waals surface area contributed by atoms with Crippen LogP contribution in [0.25, 0.3) is 0 Å². The molecule has 1 fully saturated rings. The van der Waals surface area contributed by atoms with Crippen molar-refractivity contribution in [3.63, 3.8) is 0 Å². The summed E-state index contributed by atoms with van der Waals surface area (Å²) < 4.78 is 32.8. The van der Waals surface area contributed by atoms with Crippen molar-refractivity contribution in [3.05, 3.63) is 18.3 Å². The number of aromatic nitrogens is 1. The Morgan fingerprint density at radius 1 is 1.50 bits per heavy atom. The van der Waals surface area contributed by atoms with E-state index in [1.165, 1.54) is 6.20 Å². The predicted molar refractivity (Wildman–Crippen MR) is 77.2 cm³/mol. The van der Waals surface area contributed by atoms with Gasteiger partial charge < -0.3 is 10.1 Å². The molecule has 1 aromatic heterocycles. The summed E-state index contributed by atoms with van der Waals surface area (Å²) in [7, 11) is -3.62. The Kier molecular flexibility index (Phi) is 5.33. The summed E-state index contributed by atoms with van der Waals surface area (Å²) >= 11 is 0. The van der Waals surface area contributed by atoms with E-state index in [0.717, 1.165) is 19.3 Å². The van der Waals surface area contributed by atoms with Crippen LogP contribution in [0.2, 0.25) is 0 Å². The van der Waals surface area contributed by atoms with Crippen LogP contribution in [-0.4, -0.2) is 39.2 Å².